The summed E-state index contributed by atoms with van der Waals surface area (Å²) in [6.45, 7) is 4.30. The van der Waals surface area contributed by atoms with Gasteiger partial charge in [0.1, 0.15) is 12.0 Å². The van der Waals surface area contributed by atoms with Crippen LogP contribution < -0.4 is 0 Å². The molecule has 1 aliphatic heterocycles. The van der Waals surface area contributed by atoms with Crippen molar-refractivity contribution in [3.63, 3.8) is 0 Å². The third kappa shape index (κ3) is 3.78. The van der Waals surface area contributed by atoms with Crippen LogP contribution in [0.1, 0.15) is 50.6 Å². The van der Waals surface area contributed by atoms with Crippen LogP contribution in [0.3, 0.4) is 0 Å². The Hall–Kier alpha value is -3.42. The number of furan rings is 1. The van der Waals surface area contributed by atoms with Crippen molar-refractivity contribution in [2.24, 2.45) is 0 Å². The summed E-state index contributed by atoms with van der Waals surface area (Å²) < 4.78 is 20.8. The highest BCUT2D eigenvalue weighted by atomic mass is 16.6. The maximum atomic E-state index is 13.1. The number of hydrogen-bond acceptors (Lipinski definition) is 8. The molecule has 1 unspecified atom stereocenters. The van der Waals surface area contributed by atoms with Gasteiger partial charge in [-0.05, 0) is 31.6 Å². The number of ketones is 2. The molecule has 0 radical (unpaired) electrons. The molecule has 1 atom stereocenters. The number of ether oxygens (including phenoxy) is 3. The predicted molar refractivity (Wildman–Crippen MR) is 98.1 cm³/mol. The van der Waals surface area contributed by atoms with E-state index in [0.717, 1.165) is 26.7 Å². The summed E-state index contributed by atoms with van der Waals surface area (Å²) in [5, 5.41) is 0. The minimum Gasteiger partial charge on any atom is -0.469 e. The lowest BCUT2D eigenvalue weighted by molar-refractivity contribution is -0.152. The Kier molecular flexibility index (Phi) is 5.54. The molecule has 0 bridgehead atoms. The van der Waals surface area contributed by atoms with Gasteiger partial charge < -0.3 is 18.6 Å². The topological polar surface area (TPSA) is 109 Å². The molecule has 2 aliphatic rings. The van der Waals surface area contributed by atoms with E-state index < -0.39 is 29.1 Å². The van der Waals surface area contributed by atoms with E-state index in [1.807, 2.05) is 6.92 Å². The van der Waals surface area contributed by atoms with E-state index in [1.165, 1.54) is 30.7 Å². The number of carbonyl (C=O) groups excluding carboxylic acids is 4. The molecule has 2 heterocycles. The standard InChI is InChI=1S/C21H20O8/c1-4-5-7-13-10-14-15(11-27-13)18(23)21(3,19(24)17(14)28-12(2)22)29-20(25)16-8-6-9-26-16/h6,8-11H,4-5,7H2,1-3H3. The fourth-order valence-electron chi connectivity index (χ4n) is 2.98. The smallest absolute Gasteiger partial charge is 0.375 e. The van der Waals surface area contributed by atoms with Crippen molar-refractivity contribution in [1.29, 1.82) is 0 Å². The van der Waals surface area contributed by atoms with Crippen molar-refractivity contribution in [2.45, 2.75) is 45.6 Å². The normalized spacial score (nSPS) is 21.1. The highest BCUT2D eigenvalue weighted by Crippen LogP contribution is 2.38. The minimum atomic E-state index is -2.23. The number of unbranched alkanes of at least 4 members (excludes halogenated alkanes) is 1. The SMILES string of the molecule is CCCCC1=CC2=C(OC(C)=O)C(=O)C(C)(OC(=O)c3ccco3)C(=O)C2=CO1. The van der Waals surface area contributed by atoms with Crippen molar-refractivity contribution in [1.82, 2.24) is 0 Å². The van der Waals surface area contributed by atoms with Gasteiger partial charge in [0.15, 0.2) is 5.76 Å². The van der Waals surface area contributed by atoms with E-state index in [1.54, 1.807) is 0 Å². The second-order valence-electron chi connectivity index (χ2n) is 6.76. The molecule has 0 saturated heterocycles. The molecule has 29 heavy (non-hydrogen) atoms. The second kappa shape index (κ2) is 7.90. The monoisotopic (exact) mass is 400 g/mol. The molecular formula is C21H20O8. The van der Waals surface area contributed by atoms with E-state index in [2.05, 4.69) is 0 Å². The highest BCUT2D eigenvalue weighted by molar-refractivity contribution is 6.28. The van der Waals surface area contributed by atoms with E-state index in [-0.39, 0.29) is 22.7 Å². The lowest BCUT2D eigenvalue weighted by atomic mass is 9.79. The molecule has 0 N–H and O–H groups in total. The minimum absolute atomic E-state index is 0.0177. The van der Waals surface area contributed by atoms with Gasteiger partial charge >= 0.3 is 11.9 Å². The molecule has 8 nitrogen and oxygen atoms in total. The fraction of sp³-hybridized carbons (Fsp3) is 0.333. The first-order valence-corrected chi connectivity index (χ1v) is 9.14. The Balaban J connectivity index is 2.04. The Labute approximate surface area is 166 Å². The molecule has 152 valence electrons. The van der Waals surface area contributed by atoms with Crippen molar-refractivity contribution in [3.8, 4) is 0 Å². The summed E-state index contributed by atoms with van der Waals surface area (Å²) in [6, 6.07) is 2.80. The lowest BCUT2D eigenvalue weighted by Crippen LogP contribution is -2.53. The molecule has 1 aliphatic carbocycles. The Morgan fingerprint density at radius 3 is 2.59 bits per heavy atom. The molecular weight excluding hydrogens is 380 g/mol. The van der Waals surface area contributed by atoms with Crippen LogP contribution >= 0.6 is 0 Å². The first-order chi connectivity index (χ1) is 13.8. The number of Topliss-reactive ketones (excluding diaryl/α,β-unsaturated/α-hetero) is 2. The number of carbonyl (C=O) groups is 4. The van der Waals surface area contributed by atoms with Crippen LogP contribution in [0.5, 0.6) is 0 Å². The molecule has 0 spiro atoms. The summed E-state index contributed by atoms with van der Waals surface area (Å²) in [4.78, 5) is 50.1. The van der Waals surface area contributed by atoms with Crippen LogP contribution in [0.25, 0.3) is 0 Å². The van der Waals surface area contributed by atoms with Crippen molar-refractivity contribution in [2.75, 3.05) is 0 Å². The zero-order valence-electron chi connectivity index (χ0n) is 16.3. The first kappa shape index (κ1) is 20.3. The molecule has 0 amide bonds. The van der Waals surface area contributed by atoms with Crippen LogP contribution in [0.2, 0.25) is 0 Å². The van der Waals surface area contributed by atoms with Gasteiger partial charge in [-0.25, -0.2) is 4.79 Å². The molecule has 1 aromatic rings. The Morgan fingerprint density at radius 2 is 1.97 bits per heavy atom. The highest BCUT2D eigenvalue weighted by Gasteiger charge is 2.54. The van der Waals surface area contributed by atoms with Crippen LogP contribution in [0, 0.1) is 0 Å². The van der Waals surface area contributed by atoms with Gasteiger partial charge in [-0.3, -0.25) is 14.4 Å². The molecule has 8 heteroatoms. The maximum absolute atomic E-state index is 13.1. The number of hydrogen-bond donors (Lipinski definition) is 0. The Bertz CT molecular complexity index is 961. The van der Waals surface area contributed by atoms with E-state index >= 15 is 0 Å². The van der Waals surface area contributed by atoms with Crippen LogP contribution in [0.15, 0.2) is 57.8 Å². The average Bonchev–Trinajstić information content (AvgIpc) is 3.23. The largest absolute Gasteiger partial charge is 0.469 e. The molecule has 0 fully saturated rings. The van der Waals surface area contributed by atoms with Gasteiger partial charge in [-0.1, -0.05) is 13.3 Å². The molecule has 0 saturated carbocycles. The van der Waals surface area contributed by atoms with Gasteiger partial charge in [0.2, 0.25) is 22.9 Å². The quantitative estimate of drug-likeness (QED) is 0.529. The van der Waals surface area contributed by atoms with Gasteiger partial charge in [-0.2, -0.15) is 0 Å². The Morgan fingerprint density at radius 1 is 1.21 bits per heavy atom. The summed E-state index contributed by atoms with van der Waals surface area (Å²) in [5.74, 6) is -3.46. The summed E-state index contributed by atoms with van der Waals surface area (Å²) >= 11 is 0. The van der Waals surface area contributed by atoms with Gasteiger partial charge in [0.05, 0.1) is 11.8 Å². The molecule has 3 rings (SSSR count). The van der Waals surface area contributed by atoms with Crippen LogP contribution in [-0.2, 0) is 28.6 Å². The lowest BCUT2D eigenvalue weighted by Gasteiger charge is -2.33. The predicted octanol–water partition coefficient (Wildman–Crippen LogP) is 3.15. The third-order valence-electron chi connectivity index (χ3n) is 4.53. The van der Waals surface area contributed by atoms with Crippen LogP contribution in [-0.4, -0.2) is 29.1 Å². The summed E-state index contributed by atoms with van der Waals surface area (Å²) in [6.07, 6.45) is 6.30. The van der Waals surface area contributed by atoms with E-state index in [9.17, 15) is 19.2 Å². The zero-order valence-corrected chi connectivity index (χ0v) is 16.3. The van der Waals surface area contributed by atoms with E-state index in [4.69, 9.17) is 18.6 Å². The van der Waals surface area contributed by atoms with Gasteiger partial charge in [0.25, 0.3) is 0 Å². The van der Waals surface area contributed by atoms with Crippen molar-refractivity contribution >= 4 is 23.5 Å². The van der Waals surface area contributed by atoms with Crippen molar-refractivity contribution < 1.29 is 37.8 Å². The number of rotatable bonds is 6. The van der Waals surface area contributed by atoms with Crippen LogP contribution in [0.4, 0.5) is 0 Å². The first-order valence-electron chi connectivity index (χ1n) is 9.14. The summed E-state index contributed by atoms with van der Waals surface area (Å²) in [7, 11) is 0. The third-order valence-corrected chi connectivity index (χ3v) is 4.53. The number of fused-ring (bicyclic) bond motifs is 1. The van der Waals surface area contributed by atoms with Gasteiger partial charge in [-0.15, -0.1) is 0 Å². The zero-order chi connectivity index (χ0) is 21.2. The average molecular weight is 400 g/mol. The van der Waals surface area contributed by atoms with Crippen molar-refractivity contribution in [3.05, 3.63) is 59.2 Å². The van der Waals surface area contributed by atoms with E-state index in [0.29, 0.717) is 12.2 Å². The fourth-order valence-corrected chi connectivity index (χ4v) is 2.98. The second-order valence-corrected chi connectivity index (χ2v) is 6.76. The number of allylic oxidation sites excluding steroid dienone is 3. The maximum Gasteiger partial charge on any atom is 0.375 e. The molecule has 1 aromatic heterocycles. The number of esters is 2. The van der Waals surface area contributed by atoms with Gasteiger partial charge in [0, 0.05) is 18.9 Å². The summed E-state index contributed by atoms with van der Waals surface area (Å²) in [5.41, 5.74) is -2.11. The molecule has 0 aromatic carbocycles.